The molecule has 112 valence electrons. The standard InChI is InChI=1S/C17H17N3O2/c1-22-15-8-6-13(7-9-15)11-20-17(21)12-19-16-5-3-2-4-14(16)10-18/h2-9,19H,11-12H2,1H3,(H,20,21). The first-order chi connectivity index (χ1) is 10.7. The Morgan fingerprint density at radius 1 is 1.18 bits per heavy atom. The van der Waals surface area contributed by atoms with Crippen LogP contribution in [0.1, 0.15) is 11.1 Å². The van der Waals surface area contributed by atoms with Crippen LogP contribution in [0.15, 0.2) is 48.5 Å². The van der Waals surface area contributed by atoms with E-state index in [-0.39, 0.29) is 12.5 Å². The number of methoxy groups -OCH3 is 1. The molecule has 0 heterocycles. The van der Waals surface area contributed by atoms with Gasteiger partial charge in [0.25, 0.3) is 0 Å². The zero-order chi connectivity index (χ0) is 15.8. The molecule has 2 aromatic rings. The Labute approximate surface area is 129 Å². The summed E-state index contributed by atoms with van der Waals surface area (Å²) < 4.78 is 5.08. The first kappa shape index (κ1) is 15.4. The summed E-state index contributed by atoms with van der Waals surface area (Å²) in [5.41, 5.74) is 2.17. The number of hydrogen-bond acceptors (Lipinski definition) is 4. The Hall–Kier alpha value is -3.00. The number of carbonyl (C=O) groups excluding carboxylic acids is 1. The molecule has 0 radical (unpaired) electrons. The van der Waals surface area contributed by atoms with Crippen LogP contribution < -0.4 is 15.4 Å². The summed E-state index contributed by atoms with van der Waals surface area (Å²) in [7, 11) is 1.61. The number of ether oxygens (including phenoxy) is 1. The quantitative estimate of drug-likeness (QED) is 0.857. The molecule has 0 aromatic heterocycles. The molecule has 0 fully saturated rings. The van der Waals surface area contributed by atoms with E-state index in [2.05, 4.69) is 16.7 Å². The molecule has 5 nitrogen and oxygen atoms in total. The zero-order valence-corrected chi connectivity index (χ0v) is 12.3. The minimum absolute atomic E-state index is 0.120. The van der Waals surface area contributed by atoms with Gasteiger partial charge in [-0.1, -0.05) is 24.3 Å². The Morgan fingerprint density at radius 3 is 2.59 bits per heavy atom. The van der Waals surface area contributed by atoms with Gasteiger partial charge in [-0.15, -0.1) is 0 Å². The molecule has 0 spiro atoms. The Bertz CT molecular complexity index is 675. The highest BCUT2D eigenvalue weighted by atomic mass is 16.5. The van der Waals surface area contributed by atoms with Gasteiger partial charge in [-0.25, -0.2) is 0 Å². The maximum absolute atomic E-state index is 11.8. The molecule has 0 saturated heterocycles. The smallest absolute Gasteiger partial charge is 0.239 e. The summed E-state index contributed by atoms with van der Waals surface area (Å²) in [5.74, 6) is 0.647. The van der Waals surface area contributed by atoms with E-state index in [1.165, 1.54) is 0 Å². The van der Waals surface area contributed by atoms with E-state index in [1.807, 2.05) is 30.3 Å². The van der Waals surface area contributed by atoms with E-state index < -0.39 is 0 Å². The van der Waals surface area contributed by atoms with Gasteiger partial charge >= 0.3 is 0 Å². The molecule has 0 aliphatic carbocycles. The van der Waals surface area contributed by atoms with Crippen LogP contribution in [0.25, 0.3) is 0 Å². The van der Waals surface area contributed by atoms with E-state index >= 15 is 0 Å². The van der Waals surface area contributed by atoms with Gasteiger partial charge in [0.1, 0.15) is 11.8 Å². The van der Waals surface area contributed by atoms with Crippen LogP contribution in [-0.2, 0) is 11.3 Å². The van der Waals surface area contributed by atoms with Crippen molar-refractivity contribution < 1.29 is 9.53 Å². The Balaban J connectivity index is 1.81. The summed E-state index contributed by atoms with van der Waals surface area (Å²) in [4.78, 5) is 11.8. The highest BCUT2D eigenvalue weighted by Crippen LogP contribution is 2.13. The van der Waals surface area contributed by atoms with Crippen molar-refractivity contribution >= 4 is 11.6 Å². The second-order valence-electron chi connectivity index (χ2n) is 4.64. The zero-order valence-electron chi connectivity index (χ0n) is 12.3. The lowest BCUT2D eigenvalue weighted by molar-refractivity contribution is -0.119. The molecule has 0 unspecified atom stereocenters. The van der Waals surface area contributed by atoms with E-state index in [9.17, 15) is 4.79 Å². The van der Waals surface area contributed by atoms with Crippen molar-refractivity contribution in [2.45, 2.75) is 6.54 Å². The third-order valence-corrected chi connectivity index (χ3v) is 3.14. The summed E-state index contributed by atoms with van der Waals surface area (Å²) in [6, 6.07) is 16.7. The van der Waals surface area contributed by atoms with E-state index in [0.717, 1.165) is 11.3 Å². The minimum Gasteiger partial charge on any atom is -0.497 e. The fourth-order valence-corrected chi connectivity index (χ4v) is 1.92. The number of nitrogens with one attached hydrogen (secondary N) is 2. The van der Waals surface area contributed by atoms with E-state index in [0.29, 0.717) is 17.8 Å². The van der Waals surface area contributed by atoms with Crippen molar-refractivity contribution in [3.05, 3.63) is 59.7 Å². The van der Waals surface area contributed by atoms with Crippen molar-refractivity contribution in [2.24, 2.45) is 0 Å². The molecule has 0 aliphatic heterocycles. The van der Waals surface area contributed by atoms with Crippen molar-refractivity contribution in [3.63, 3.8) is 0 Å². The summed E-state index contributed by atoms with van der Waals surface area (Å²) >= 11 is 0. The summed E-state index contributed by atoms with van der Waals surface area (Å²) in [6.45, 7) is 0.569. The average Bonchev–Trinajstić information content (AvgIpc) is 2.58. The summed E-state index contributed by atoms with van der Waals surface area (Å²) in [6.07, 6.45) is 0. The fraction of sp³-hybridized carbons (Fsp3) is 0.176. The molecule has 2 aromatic carbocycles. The lowest BCUT2D eigenvalue weighted by Crippen LogP contribution is -2.29. The molecule has 0 bridgehead atoms. The van der Waals surface area contributed by atoms with Crippen molar-refractivity contribution in [3.8, 4) is 11.8 Å². The Kier molecular flexibility index (Phi) is 5.38. The van der Waals surface area contributed by atoms with Gasteiger partial charge in [-0.3, -0.25) is 4.79 Å². The summed E-state index contributed by atoms with van der Waals surface area (Å²) in [5, 5.41) is 14.8. The van der Waals surface area contributed by atoms with Crippen LogP contribution in [0.2, 0.25) is 0 Å². The number of hydrogen-bond donors (Lipinski definition) is 2. The third kappa shape index (κ3) is 4.25. The molecule has 5 heteroatoms. The van der Waals surface area contributed by atoms with Gasteiger partial charge in [-0.05, 0) is 29.8 Å². The molecule has 1 amide bonds. The Morgan fingerprint density at radius 2 is 1.91 bits per heavy atom. The van der Waals surface area contributed by atoms with E-state index in [1.54, 1.807) is 25.3 Å². The van der Waals surface area contributed by atoms with Gasteiger partial charge < -0.3 is 15.4 Å². The van der Waals surface area contributed by atoms with Gasteiger partial charge in [0.2, 0.25) is 5.91 Å². The predicted molar refractivity (Wildman–Crippen MR) is 84.5 cm³/mol. The van der Waals surface area contributed by atoms with Crippen molar-refractivity contribution in [1.82, 2.24) is 5.32 Å². The molecule has 0 saturated carbocycles. The van der Waals surface area contributed by atoms with Crippen LogP contribution in [0.3, 0.4) is 0 Å². The lowest BCUT2D eigenvalue weighted by Gasteiger charge is -2.09. The first-order valence-corrected chi connectivity index (χ1v) is 6.85. The van der Waals surface area contributed by atoms with Crippen LogP contribution in [0.5, 0.6) is 5.75 Å². The number of rotatable bonds is 6. The van der Waals surface area contributed by atoms with Crippen LogP contribution in [0.4, 0.5) is 5.69 Å². The molecular weight excluding hydrogens is 278 g/mol. The van der Waals surface area contributed by atoms with Gasteiger partial charge in [0.15, 0.2) is 0 Å². The molecule has 0 aliphatic rings. The number of carbonyl (C=O) groups is 1. The average molecular weight is 295 g/mol. The van der Waals surface area contributed by atoms with Gasteiger partial charge in [0.05, 0.1) is 24.9 Å². The van der Waals surface area contributed by atoms with Crippen LogP contribution in [-0.4, -0.2) is 19.6 Å². The number of nitrogens with zero attached hydrogens (tertiary/aromatic N) is 1. The third-order valence-electron chi connectivity index (χ3n) is 3.14. The topological polar surface area (TPSA) is 74.2 Å². The van der Waals surface area contributed by atoms with E-state index in [4.69, 9.17) is 10.00 Å². The monoisotopic (exact) mass is 295 g/mol. The molecule has 22 heavy (non-hydrogen) atoms. The maximum Gasteiger partial charge on any atom is 0.239 e. The number of benzene rings is 2. The number of nitriles is 1. The SMILES string of the molecule is COc1ccc(CNC(=O)CNc2ccccc2C#N)cc1. The number of amides is 1. The van der Waals surface area contributed by atoms with Crippen LogP contribution in [0, 0.1) is 11.3 Å². The minimum atomic E-state index is -0.136. The highest BCUT2D eigenvalue weighted by Gasteiger charge is 2.04. The van der Waals surface area contributed by atoms with Crippen molar-refractivity contribution in [1.29, 1.82) is 5.26 Å². The maximum atomic E-state index is 11.8. The van der Waals surface area contributed by atoms with Crippen molar-refractivity contribution in [2.75, 3.05) is 19.0 Å². The molecule has 2 rings (SSSR count). The van der Waals surface area contributed by atoms with Gasteiger partial charge in [0, 0.05) is 6.54 Å². The predicted octanol–water partition coefficient (Wildman–Crippen LogP) is 2.30. The fourth-order valence-electron chi connectivity index (χ4n) is 1.92. The highest BCUT2D eigenvalue weighted by molar-refractivity contribution is 5.81. The first-order valence-electron chi connectivity index (χ1n) is 6.85. The number of anilines is 1. The second-order valence-corrected chi connectivity index (χ2v) is 4.64. The van der Waals surface area contributed by atoms with Gasteiger partial charge in [-0.2, -0.15) is 5.26 Å². The number of para-hydroxylation sites is 1. The molecule has 2 N–H and O–H groups in total. The molecular formula is C17H17N3O2. The van der Waals surface area contributed by atoms with Crippen LogP contribution >= 0.6 is 0 Å². The largest absolute Gasteiger partial charge is 0.497 e. The lowest BCUT2D eigenvalue weighted by atomic mass is 10.2. The normalized spacial score (nSPS) is 9.64. The second kappa shape index (κ2) is 7.70. The molecule has 0 atom stereocenters.